The third-order valence-electron chi connectivity index (χ3n) is 3.02. The van der Waals surface area contributed by atoms with E-state index in [-0.39, 0.29) is 28.9 Å². The fourth-order valence-corrected chi connectivity index (χ4v) is 1.76. The van der Waals surface area contributed by atoms with Crippen LogP contribution >= 0.6 is 0 Å². The van der Waals surface area contributed by atoms with Crippen molar-refractivity contribution < 1.29 is 9.90 Å². The fourth-order valence-electron chi connectivity index (χ4n) is 1.76. The minimum atomic E-state index is -0.174. The first kappa shape index (κ1) is 13.4. The van der Waals surface area contributed by atoms with Gasteiger partial charge in [0.05, 0.1) is 11.3 Å². The van der Waals surface area contributed by atoms with Gasteiger partial charge in [-0.3, -0.25) is 4.79 Å². The van der Waals surface area contributed by atoms with Crippen LogP contribution in [0.1, 0.15) is 37.6 Å². The minimum absolute atomic E-state index is 0.126. The maximum absolute atomic E-state index is 12.3. The second-order valence-electron chi connectivity index (χ2n) is 4.09. The second kappa shape index (κ2) is 5.57. The molecule has 1 rings (SSSR count). The lowest BCUT2D eigenvalue weighted by molar-refractivity contribution is 0.0697. The Kier molecular flexibility index (Phi) is 4.37. The number of anilines is 1. The van der Waals surface area contributed by atoms with E-state index >= 15 is 0 Å². The Balaban J connectivity index is 3.06. The Hall–Kier alpha value is -1.71. The largest absolute Gasteiger partial charge is 0.505 e. The van der Waals surface area contributed by atoms with Crippen molar-refractivity contribution in [3.63, 3.8) is 0 Å². The molecule has 4 heteroatoms. The zero-order valence-electron chi connectivity index (χ0n) is 10.6. The van der Waals surface area contributed by atoms with Gasteiger partial charge in [0.2, 0.25) is 0 Å². The van der Waals surface area contributed by atoms with Gasteiger partial charge in [-0.05, 0) is 32.4 Å². The van der Waals surface area contributed by atoms with E-state index < -0.39 is 0 Å². The molecule has 1 amide bonds. The molecule has 0 saturated heterocycles. The third-order valence-corrected chi connectivity index (χ3v) is 3.02. The highest BCUT2D eigenvalue weighted by Crippen LogP contribution is 2.26. The van der Waals surface area contributed by atoms with Crippen molar-refractivity contribution in [3.05, 3.63) is 23.8 Å². The van der Waals surface area contributed by atoms with E-state index in [0.717, 1.165) is 6.42 Å². The number of rotatable bonds is 4. The summed E-state index contributed by atoms with van der Waals surface area (Å²) in [5.74, 6) is -0.300. The van der Waals surface area contributed by atoms with Crippen LogP contribution in [0.5, 0.6) is 5.75 Å². The smallest absolute Gasteiger partial charge is 0.257 e. The maximum atomic E-state index is 12.3. The molecule has 0 spiro atoms. The van der Waals surface area contributed by atoms with E-state index in [1.807, 2.05) is 20.8 Å². The number of hydrogen-bond donors (Lipinski definition) is 2. The number of para-hydroxylation sites is 1. The predicted molar refractivity (Wildman–Crippen MR) is 69.0 cm³/mol. The van der Waals surface area contributed by atoms with Crippen molar-refractivity contribution in [3.8, 4) is 5.75 Å². The molecule has 1 aromatic carbocycles. The van der Waals surface area contributed by atoms with Gasteiger partial charge in [-0.2, -0.15) is 0 Å². The van der Waals surface area contributed by atoms with Crippen molar-refractivity contribution in [2.45, 2.75) is 33.2 Å². The zero-order chi connectivity index (χ0) is 13.0. The summed E-state index contributed by atoms with van der Waals surface area (Å²) < 4.78 is 0. The molecule has 17 heavy (non-hydrogen) atoms. The molecule has 0 aliphatic carbocycles. The molecule has 0 radical (unpaired) electrons. The van der Waals surface area contributed by atoms with Gasteiger partial charge in [-0.25, -0.2) is 0 Å². The van der Waals surface area contributed by atoms with Crippen LogP contribution in [-0.4, -0.2) is 28.5 Å². The lowest BCUT2D eigenvalue weighted by Crippen LogP contribution is -2.38. The summed E-state index contributed by atoms with van der Waals surface area (Å²) in [7, 11) is 0. The molecule has 0 aromatic heterocycles. The molecule has 1 aromatic rings. The van der Waals surface area contributed by atoms with Crippen LogP contribution in [-0.2, 0) is 0 Å². The van der Waals surface area contributed by atoms with E-state index in [9.17, 15) is 9.90 Å². The molecule has 3 N–H and O–H groups in total. The summed E-state index contributed by atoms with van der Waals surface area (Å²) in [6.07, 6.45) is 0.878. The molecule has 0 saturated carbocycles. The van der Waals surface area contributed by atoms with Crippen molar-refractivity contribution in [1.82, 2.24) is 4.90 Å². The lowest BCUT2D eigenvalue weighted by Gasteiger charge is -2.27. The average molecular weight is 236 g/mol. The molecule has 0 aliphatic rings. The van der Waals surface area contributed by atoms with Crippen LogP contribution in [0.15, 0.2) is 18.2 Å². The number of aromatic hydroxyl groups is 1. The van der Waals surface area contributed by atoms with Crippen LogP contribution < -0.4 is 5.73 Å². The van der Waals surface area contributed by atoms with Gasteiger partial charge < -0.3 is 15.7 Å². The summed E-state index contributed by atoms with van der Waals surface area (Å²) in [5.41, 5.74) is 6.09. The number of nitrogens with zero attached hydrogens (tertiary/aromatic N) is 1. The van der Waals surface area contributed by atoms with Gasteiger partial charge in [0.15, 0.2) is 5.75 Å². The number of hydrogen-bond acceptors (Lipinski definition) is 3. The van der Waals surface area contributed by atoms with Crippen molar-refractivity contribution in [2.24, 2.45) is 0 Å². The van der Waals surface area contributed by atoms with Gasteiger partial charge in [0.1, 0.15) is 0 Å². The number of amides is 1. The highest BCUT2D eigenvalue weighted by molar-refractivity contribution is 5.98. The lowest BCUT2D eigenvalue weighted by atomic mass is 10.1. The summed E-state index contributed by atoms with van der Waals surface area (Å²) >= 11 is 0. The van der Waals surface area contributed by atoms with Gasteiger partial charge in [0, 0.05) is 12.6 Å². The van der Waals surface area contributed by atoms with Crippen LogP contribution in [0, 0.1) is 0 Å². The van der Waals surface area contributed by atoms with Gasteiger partial charge in [-0.15, -0.1) is 0 Å². The molecule has 94 valence electrons. The summed E-state index contributed by atoms with van der Waals surface area (Å²) in [5, 5.41) is 9.79. The first-order valence-electron chi connectivity index (χ1n) is 5.91. The number of carbonyl (C=O) groups is 1. The molecule has 4 nitrogen and oxygen atoms in total. The van der Waals surface area contributed by atoms with Crippen LogP contribution in [0.2, 0.25) is 0 Å². The number of nitrogen functional groups attached to an aromatic ring is 1. The third kappa shape index (κ3) is 2.70. The SMILES string of the molecule is CCC(C)N(CC)C(=O)c1cccc(N)c1O. The molecule has 0 heterocycles. The van der Waals surface area contributed by atoms with E-state index in [0.29, 0.717) is 6.54 Å². The Labute approximate surface area is 102 Å². The van der Waals surface area contributed by atoms with Gasteiger partial charge >= 0.3 is 0 Å². The standard InChI is InChI=1S/C13H20N2O2/c1-4-9(3)15(5-2)13(17)10-7-6-8-11(14)12(10)16/h6-9,16H,4-5,14H2,1-3H3. The second-order valence-corrected chi connectivity index (χ2v) is 4.09. The molecular weight excluding hydrogens is 216 g/mol. The Morgan fingerprint density at radius 1 is 1.47 bits per heavy atom. The minimum Gasteiger partial charge on any atom is -0.505 e. The van der Waals surface area contributed by atoms with Crippen LogP contribution in [0.4, 0.5) is 5.69 Å². The number of benzene rings is 1. The number of phenols is 1. The van der Waals surface area contributed by atoms with E-state index in [1.165, 1.54) is 0 Å². The molecular formula is C13H20N2O2. The van der Waals surface area contributed by atoms with Crippen LogP contribution in [0.25, 0.3) is 0 Å². The van der Waals surface area contributed by atoms with Crippen LogP contribution in [0.3, 0.4) is 0 Å². The van der Waals surface area contributed by atoms with Crippen molar-refractivity contribution in [2.75, 3.05) is 12.3 Å². The molecule has 1 atom stereocenters. The highest BCUT2D eigenvalue weighted by Gasteiger charge is 2.21. The van der Waals surface area contributed by atoms with E-state index in [2.05, 4.69) is 0 Å². The molecule has 0 bridgehead atoms. The highest BCUT2D eigenvalue weighted by atomic mass is 16.3. The normalized spacial score (nSPS) is 12.2. The molecule has 0 aliphatic heterocycles. The van der Waals surface area contributed by atoms with Crippen molar-refractivity contribution in [1.29, 1.82) is 0 Å². The molecule has 0 fully saturated rings. The Morgan fingerprint density at radius 2 is 2.12 bits per heavy atom. The fraction of sp³-hybridized carbons (Fsp3) is 0.462. The number of carbonyl (C=O) groups excluding carboxylic acids is 1. The number of nitrogens with two attached hydrogens (primary N) is 1. The van der Waals surface area contributed by atoms with E-state index in [1.54, 1.807) is 23.1 Å². The van der Waals surface area contributed by atoms with Gasteiger partial charge in [0.25, 0.3) is 5.91 Å². The topological polar surface area (TPSA) is 66.6 Å². The summed E-state index contributed by atoms with van der Waals surface area (Å²) in [4.78, 5) is 14.0. The van der Waals surface area contributed by atoms with Crippen molar-refractivity contribution >= 4 is 11.6 Å². The quantitative estimate of drug-likeness (QED) is 0.622. The zero-order valence-corrected chi connectivity index (χ0v) is 10.6. The Bertz CT molecular complexity index is 404. The Morgan fingerprint density at radius 3 is 2.65 bits per heavy atom. The summed E-state index contributed by atoms with van der Waals surface area (Å²) in [6, 6.07) is 4.99. The molecule has 1 unspecified atom stereocenters. The monoisotopic (exact) mass is 236 g/mol. The number of phenolic OH excluding ortho intramolecular Hbond substituents is 1. The maximum Gasteiger partial charge on any atom is 0.257 e. The average Bonchev–Trinajstić information content (AvgIpc) is 2.33. The first-order chi connectivity index (χ1) is 8.02. The van der Waals surface area contributed by atoms with Gasteiger partial charge in [-0.1, -0.05) is 13.0 Å². The summed E-state index contributed by atoms with van der Waals surface area (Å²) in [6.45, 7) is 6.56. The van der Waals surface area contributed by atoms with E-state index in [4.69, 9.17) is 5.73 Å². The first-order valence-corrected chi connectivity index (χ1v) is 5.91. The predicted octanol–water partition coefficient (Wildman–Crippen LogP) is 2.23.